The topological polar surface area (TPSA) is 71.7 Å². The van der Waals surface area contributed by atoms with Crippen molar-refractivity contribution in [3.8, 4) is 17.6 Å². The van der Waals surface area contributed by atoms with Crippen molar-refractivity contribution < 1.29 is 14.3 Å². The molecule has 0 N–H and O–H groups in total. The first kappa shape index (κ1) is 21.1. The summed E-state index contributed by atoms with van der Waals surface area (Å²) >= 11 is 0. The number of nitriles is 1. The summed E-state index contributed by atoms with van der Waals surface area (Å²) < 4.78 is 11.9. The zero-order valence-electron chi connectivity index (χ0n) is 18.4. The molecule has 0 atom stereocenters. The first-order valence-electron chi connectivity index (χ1n) is 10.9. The number of ether oxygens (including phenoxy) is 2. The van der Waals surface area contributed by atoms with Crippen molar-refractivity contribution >= 4 is 11.5 Å². The first-order chi connectivity index (χ1) is 14.9. The van der Waals surface area contributed by atoms with Crippen molar-refractivity contribution in [2.24, 2.45) is 4.99 Å². The van der Waals surface area contributed by atoms with Gasteiger partial charge in [0.15, 0.2) is 17.3 Å². The highest BCUT2D eigenvalue weighted by molar-refractivity contribution is 6.17. The third-order valence-electron chi connectivity index (χ3n) is 6.02. The Morgan fingerprint density at radius 1 is 1.16 bits per heavy atom. The maximum Gasteiger partial charge on any atom is 0.168 e. The van der Waals surface area contributed by atoms with Gasteiger partial charge in [-0.05, 0) is 75.8 Å². The molecule has 4 rings (SSSR count). The Bertz CT molecular complexity index is 1060. The number of methoxy groups -OCH3 is 1. The molecule has 160 valence electrons. The standard InChI is InChI=1S/C26H28N2O3/c1-26(2)15-19-12-24(30-3)25(31-20-6-4-5-7-20)13-21(19)22(28-26)14-23(29)18-10-8-17(16-27)9-11-18/h8-13,20H,4-7,14-15H2,1-3H3. The summed E-state index contributed by atoms with van der Waals surface area (Å²) in [6, 6.07) is 12.9. The minimum atomic E-state index is -0.299. The molecule has 0 bridgehead atoms. The maximum absolute atomic E-state index is 13.0. The van der Waals surface area contributed by atoms with Gasteiger partial charge in [0.2, 0.25) is 0 Å². The maximum atomic E-state index is 13.0. The van der Waals surface area contributed by atoms with Crippen LogP contribution >= 0.6 is 0 Å². The number of hydrogen-bond donors (Lipinski definition) is 0. The fraction of sp³-hybridized carbons (Fsp3) is 0.423. The van der Waals surface area contributed by atoms with Gasteiger partial charge < -0.3 is 9.47 Å². The molecule has 1 heterocycles. The molecule has 0 radical (unpaired) electrons. The van der Waals surface area contributed by atoms with Crippen LogP contribution in [0.5, 0.6) is 11.5 Å². The lowest BCUT2D eigenvalue weighted by Crippen LogP contribution is -2.30. The van der Waals surface area contributed by atoms with Gasteiger partial charge in [-0.25, -0.2) is 0 Å². The summed E-state index contributed by atoms with van der Waals surface area (Å²) in [7, 11) is 1.67. The second-order valence-electron chi connectivity index (χ2n) is 9.02. The number of aliphatic imine (C=N–C) groups is 1. The van der Waals surface area contributed by atoms with Crippen LogP contribution in [0.4, 0.5) is 0 Å². The van der Waals surface area contributed by atoms with E-state index in [0.29, 0.717) is 11.1 Å². The van der Waals surface area contributed by atoms with Crippen LogP contribution in [0.15, 0.2) is 41.4 Å². The Morgan fingerprint density at radius 3 is 2.52 bits per heavy atom. The molecule has 0 aromatic heterocycles. The molecule has 2 aromatic rings. The number of ketones is 1. The molecule has 0 unspecified atom stereocenters. The summed E-state index contributed by atoms with van der Waals surface area (Å²) in [4.78, 5) is 17.9. The number of rotatable bonds is 6. The van der Waals surface area contributed by atoms with E-state index in [0.717, 1.165) is 47.6 Å². The molecule has 5 nitrogen and oxygen atoms in total. The van der Waals surface area contributed by atoms with Gasteiger partial charge in [-0.1, -0.05) is 12.1 Å². The Labute approximate surface area is 183 Å². The van der Waals surface area contributed by atoms with E-state index in [1.807, 2.05) is 12.1 Å². The van der Waals surface area contributed by atoms with Crippen molar-refractivity contribution in [2.75, 3.05) is 7.11 Å². The van der Waals surface area contributed by atoms with E-state index in [1.54, 1.807) is 31.4 Å². The Morgan fingerprint density at radius 2 is 1.87 bits per heavy atom. The largest absolute Gasteiger partial charge is 0.493 e. The van der Waals surface area contributed by atoms with Crippen LogP contribution in [0.2, 0.25) is 0 Å². The molecular weight excluding hydrogens is 388 g/mol. The van der Waals surface area contributed by atoms with E-state index in [1.165, 1.54) is 12.8 Å². The Balaban J connectivity index is 1.66. The minimum absolute atomic E-state index is 0.0130. The monoisotopic (exact) mass is 416 g/mol. The average molecular weight is 417 g/mol. The van der Waals surface area contributed by atoms with Gasteiger partial charge in [0, 0.05) is 11.1 Å². The van der Waals surface area contributed by atoms with Gasteiger partial charge in [-0.3, -0.25) is 9.79 Å². The van der Waals surface area contributed by atoms with Crippen LogP contribution in [-0.2, 0) is 6.42 Å². The zero-order valence-corrected chi connectivity index (χ0v) is 18.4. The van der Waals surface area contributed by atoms with E-state index < -0.39 is 0 Å². The fourth-order valence-electron chi connectivity index (χ4n) is 4.51. The highest BCUT2D eigenvalue weighted by Gasteiger charge is 2.30. The van der Waals surface area contributed by atoms with E-state index in [4.69, 9.17) is 19.7 Å². The summed E-state index contributed by atoms with van der Waals surface area (Å²) in [5, 5.41) is 8.99. The summed E-state index contributed by atoms with van der Waals surface area (Å²) in [6.07, 6.45) is 5.70. The lowest BCUT2D eigenvalue weighted by atomic mass is 9.85. The summed E-state index contributed by atoms with van der Waals surface area (Å²) in [5.41, 5.74) is 3.70. The van der Waals surface area contributed by atoms with Crippen molar-refractivity contribution in [2.45, 2.75) is 64.0 Å². The molecule has 0 saturated heterocycles. The van der Waals surface area contributed by atoms with Crippen LogP contribution in [0.3, 0.4) is 0 Å². The third kappa shape index (κ3) is 4.64. The lowest BCUT2D eigenvalue weighted by molar-refractivity contribution is 0.100. The molecule has 0 spiro atoms. The molecule has 1 aliphatic heterocycles. The first-order valence-corrected chi connectivity index (χ1v) is 10.9. The zero-order chi connectivity index (χ0) is 22.0. The second kappa shape index (κ2) is 8.55. The molecule has 1 saturated carbocycles. The van der Waals surface area contributed by atoms with Crippen LogP contribution in [-0.4, -0.2) is 30.2 Å². The van der Waals surface area contributed by atoms with Gasteiger partial charge in [0.25, 0.3) is 0 Å². The predicted molar refractivity (Wildman–Crippen MR) is 120 cm³/mol. The summed E-state index contributed by atoms with van der Waals surface area (Å²) in [5.74, 6) is 1.45. The van der Waals surface area contributed by atoms with E-state index in [2.05, 4.69) is 19.9 Å². The average Bonchev–Trinajstić information content (AvgIpc) is 3.26. The molecule has 31 heavy (non-hydrogen) atoms. The molecule has 2 aliphatic rings. The normalized spacial score (nSPS) is 17.4. The van der Waals surface area contributed by atoms with Crippen LogP contribution < -0.4 is 9.47 Å². The smallest absolute Gasteiger partial charge is 0.168 e. The van der Waals surface area contributed by atoms with E-state index in [9.17, 15) is 4.79 Å². The van der Waals surface area contributed by atoms with E-state index >= 15 is 0 Å². The molecule has 0 amide bonds. The molecule has 1 aliphatic carbocycles. The number of Topliss-reactive ketones (excluding diaryl/α,β-unsaturated/α-hetero) is 1. The van der Waals surface area contributed by atoms with Crippen molar-refractivity contribution in [1.82, 2.24) is 0 Å². The quantitative estimate of drug-likeness (QED) is 0.600. The SMILES string of the molecule is COc1cc2c(cc1OC1CCCC1)C(CC(=O)c1ccc(C#N)cc1)=NC(C)(C)C2. The number of benzene rings is 2. The number of carbonyl (C=O) groups excluding carboxylic acids is 1. The molecule has 1 fully saturated rings. The van der Waals surface area contributed by atoms with Crippen LogP contribution in [0.1, 0.15) is 73.0 Å². The number of nitrogens with zero attached hydrogens (tertiary/aromatic N) is 2. The van der Waals surface area contributed by atoms with Gasteiger partial charge in [-0.15, -0.1) is 0 Å². The minimum Gasteiger partial charge on any atom is -0.493 e. The lowest BCUT2D eigenvalue weighted by Gasteiger charge is -2.30. The summed E-state index contributed by atoms with van der Waals surface area (Å²) in [6.45, 7) is 4.16. The Kier molecular flexibility index (Phi) is 5.82. The molecule has 2 aromatic carbocycles. The highest BCUT2D eigenvalue weighted by atomic mass is 16.5. The van der Waals surface area contributed by atoms with Crippen LogP contribution in [0.25, 0.3) is 0 Å². The number of hydrogen-bond acceptors (Lipinski definition) is 5. The highest BCUT2D eigenvalue weighted by Crippen LogP contribution is 2.38. The van der Waals surface area contributed by atoms with Crippen molar-refractivity contribution in [3.05, 3.63) is 58.7 Å². The number of fused-ring (bicyclic) bond motifs is 1. The fourth-order valence-corrected chi connectivity index (χ4v) is 4.51. The third-order valence-corrected chi connectivity index (χ3v) is 6.02. The van der Waals surface area contributed by atoms with E-state index in [-0.39, 0.29) is 23.8 Å². The predicted octanol–water partition coefficient (Wildman–Crippen LogP) is 5.29. The van der Waals surface area contributed by atoms with Gasteiger partial charge in [-0.2, -0.15) is 5.26 Å². The Hall–Kier alpha value is -3.13. The van der Waals surface area contributed by atoms with Crippen LogP contribution in [0, 0.1) is 11.3 Å². The second-order valence-corrected chi connectivity index (χ2v) is 9.02. The van der Waals surface area contributed by atoms with Gasteiger partial charge in [0.1, 0.15) is 0 Å². The van der Waals surface area contributed by atoms with Gasteiger partial charge >= 0.3 is 0 Å². The molecular formula is C26H28N2O3. The number of carbonyl (C=O) groups is 1. The molecule has 5 heteroatoms. The van der Waals surface area contributed by atoms with Crippen molar-refractivity contribution in [3.63, 3.8) is 0 Å². The van der Waals surface area contributed by atoms with Crippen molar-refractivity contribution in [1.29, 1.82) is 5.26 Å². The van der Waals surface area contributed by atoms with Gasteiger partial charge in [0.05, 0.1) is 42.5 Å².